The van der Waals surface area contributed by atoms with Gasteiger partial charge in [-0.05, 0) is 66.2 Å². The number of carbonyl (C=O) groups excluding carboxylic acids is 3. The van der Waals surface area contributed by atoms with Crippen LogP contribution in [0.5, 0.6) is 5.75 Å². The number of alkyl carbamates (subject to hydrolysis) is 1. The van der Waals surface area contributed by atoms with E-state index < -0.39 is 23.3 Å². The van der Waals surface area contributed by atoms with Crippen molar-refractivity contribution in [3.63, 3.8) is 0 Å². The van der Waals surface area contributed by atoms with Gasteiger partial charge in [-0.25, -0.2) is 9.59 Å². The Bertz CT molecular complexity index is 1110. The van der Waals surface area contributed by atoms with E-state index in [1.807, 2.05) is 45.0 Å². The SMILES string of the molecule is C#CCC(NC(=O)OC(C)(C)C)C(=O)NCCCC#Cc1cccc(OC2CCN(C(=O)OC(C)(C)C)CC2)c1. The predicted octanol–water partition coefficient (Wildman–Crippen LogP) is 4.63. The van der Waals surface area contributed by atoms with Crippen molar-refractivity contribution in [1.29, 1.82) is 0 Å². The maximum atomic E-state index is 12.4. The van der Waals surface area contributed by atoms with Gasteiger partial charge in [0.05, 0.1) is 0 Å². The summed E-state index contributed by atoms with van der Waals surface area (Å²) in [5, 5.41) is 5.30. The summed E-state index contributed by atoms with van der Waals surface area (Å²) in [5.41, 5.74) is -0.346. The molecule has 0 bridgehead atoms. The monoisotopic (exact) mass is 553 g/mol. The fourth-order valence-electron chi connectivity index (χ4n) is 3.78. The summed E-state index contributed by atoms with van der Waals surface area (Å²) in [6.45, 7) is 12.4. The highest BCUT2D eigenvalue weighted by Crippen LogP contribution is 2.21. The van der Waals surface area contributed by atoms with Gasteiger partial charge in [-0.1, -0.05) is 17.9 Å². The minimum atomic E-state index is -0.863. The molecule has 1 unspecified atom stereocenters. The smallest absolute Gasteiger partial charge is 0.410 e. The zero-order valence-corrected chi connectivity index (χ0v) is 24.6. The van der Waals surface area contributed by atoms with E-state index in [1.165, 1.54) is 0 Å². The van der Waals surface area contributed by atoms with Crippen LogP contribution < -0.4 is 15.4 Å². The molecule has 1 aliphatic heterocycles. The van der Waals surface area contributed by atoms with E-state index in [-0.39, 0.29) is 24.5 Å². The minimum Gasteiger partial charge on any atom is -0.490 e. The molecule has 3 amide bonds. The van der Waals surface area contributed by atoms with Crippen LogP contribution in [-0.2, 0) is 14.3 Å². The van der Waals surface area contributed by atoms with E-state index in [2.05, 4.69) is 28.4 Å². The molecule has 9 nitrogen and oxygen atoms in total. The first-order valence-electron chi connectivity index (χ1n) is 13.7. The lowest BCUT2D eigenvalue weighted by atomic mass is 10.1. The average Bonchev–Trinajstić information content (AvgIpc) is 2.84. The van der Waals surface area contributed by atoms with Crippen LogP contribution in [0, 0.1) is 24.2 Å². The number of ether oxygens (including phenoxy) is 3. The molecule has 1 heterocycles. The third-order valence-electron chi connectivity index (χ3n) is 5.57. The lowest BCUT2D eigenvalue weighted by Gasteiger charge is -2.33. The van der Waals surface area contributed by atoms with Gasteiger partial charge in [0, 0.05) is 50.9 Å². The molecule has 0 saturated carbocycles. The first-order valence-corrected chi connectivity index (χ1v) is 13.7. The van der Waals surface area contributed by atoms with Crippen molar-refractivity contribution < 1.29 is 28.6 Å². The van der Waals surface area contributed by atoms with E-state index in [1.54, 1.807) is 25.7 Å². The summed E-state index contributed by atoms with van der Waals surface area (Å²) in [4.78, 5) is 38.4. The first-order chi connectivity index (χ1) is 18.8. The number of nitrogens with zero attached hydrogens (tertiary/aromatic N) is 1. The molecule has 9 heteroatoms. The topological polar surface area (TPSA) is 106 Å². The van der Waals surface area contributed by atoms with E-state index in [9.17, 15) is 14.4 Å². The third-order valence-corrected chi connectivity index (χ3v) is 5.57. The minimum absolute atomic E-state index is 0.0219. The van der Waals surface area contributed by atoms with Crippen molar-refractivity contribution in [2.45, 2.75) is 97.0 Å². The molecular formula is C31H43N3O6. The van der Waals surface area contributed by atoms with Crippen LogP contribution in [0.15, 0.2) is 24.3 Å². The molecule has 0 aromatic heterocycles. The standard InChI is InChI=1S/C31H43N3O6/c1-8-13-26(33-28(36)39-30(2,3)4)27(35)32-19-11-9-10-14-23-15-12-16-25(22-23)38-24-17-20-34(21-18-24)29(37)40-31(5,6)7/h1,12,15-16,22,24,26H,9,11,13,17-21H2,2-7H3,(H,32,35)(H,33,36). The lowest BCUT2D eigenvalue weighted by Crippen LogP contribution is -2.48. The Morgan fingerprint density at radius 2 is 1.75 bits per heavy atom. The van der Waals surface area contributed by atoms with Crippen LogP contribution in [-0.4, -0.2) is 66.0 Å². The quantitative estimate of drug-likeness (QED) is 0.359. The van der Waals surface area contributed by atoms with Gasteiger partial charge in [0.2, 0.25) is 5.91 Å². The number of amides is 3. The Labute approximate surface area is 238 Å². The normalized spacial score (nSPS) is 14.6. The van der Waals surface area contributed by atoms with Gasteiger partial charge in [-0.2, -0.15) is 0 Å². The number of likely N-dealkylation sites (tertiary alicyclic amines) is 1. The van der Waals surface area contributed by atoms with Crippen molar-refractivity contribution in [2.75, 3.05) is 19.6 Å². The largest absolute Gasteiger partial charge is 0.490 e. The maximum absolute atomic E-state index is 12.4. The van der Waals surface area contributed by atoms with Gasteiger partial charge in [-0.3, -0.25) is 4.79 Å². The third kappa shape index (κ3) is 12.8. The molecule has 40 heavy (non-hydrogen) atoms. The summed E-state index contributed by atoms with van der Waals surface area (Å²) in [6, 6.07) is 6.76. The fourth-order valence-corrected chi connectivity index (χ4v) is 3.78. The summed E-state index contributed by atoms with van der Waals surface area (Å²) in [5.74, 6) is 9.04. The van der Waals surface area contributed by atoms with Crippen LogP contribution in [0.3, 0.4) is 0 Å². The van der Waals surface area contributed by atoms with Crippen LogP contribution in [0.2, 0.25) is 0 Å². The Morgan fingerprint density at radius 1 is 1.07 bits per heavy atom. The molecule has 2 rings (SSSR count). The zero-order valence-electron chi connectivity index (χ0n) is 24.6. The number of unbranched alkanes of at least 4 members (excludes halogenated alkanes) is 1. The molecular weight excluding hydrogens is 510 g/mol. The number of hydrogen-bond acceptors (Lipinski definition) is 6. The van der Waals surface area contributed by atoms with Crippen LogP contribution in [0.25, 0.3) is 0 Å². The Kier molecular flexibility index (Phi) is 12.2. The number of hydrogen-bond donors (Lipinski definition) is 2. The summed E-state index contributed by atoms with van der Waals surface area (Å²) < 4.78 is 16.8. The molecule has 1 aliphatic rings. The molecule has 1 saturated heterocycles. The number of terminal acetylenes is 1. The highest BCUT2D eigenvalue weighted by molar-refractivity contribution is 5.85. The second kappa shape index (κ2) is 15.1. The average molecular weight is 554 g/mol. The van der Waals surface area contributed by atoms with Crippen molar-refractivity contribution in [3.8, 4) is 29.9 Å². The van der Waals surface area contributed by atoms with Crippen LogP contribution in [0.4, 0.5) is 9.59 Å². The van der Waals surface area contributed by atoms with E-state index in [0.717, 1.165) is 24.2 Å². The van der Waals surface area contributed by atoms with Gasteiger partial charge in [0.15, 0.2) is 0 Å². The first kappa shape index (κ1) is 32.4. The molecule has 2 N–H and O–H groups in total. The number of nitrogens with one attached hydrogen (secondary N) is 2. The van der Waals surface area contributed by atoms with Crippen molar-refractivity contribution >= 4 is 18.1 Å². The molecule has 1 atom stereocenters. The van der Waals surface area contributed by atoms with Gasteiger partial charge < -0.3 is 29.7 Å². The van der Waals surface area contributed by atoms with Crippen molar-refractivity contribution in [1.82, 2.24) is 15.5 Å². The number of rotatable bonds is 8. The summed E-state index contributed by atoms with van der Waals surface area (Å²) in [6.07, 6.45) is 7.14. The van der Waals surface area contributed by atoms with Crippen LogP contribution in [0.1, 0.15) is 79.2 Å². The molecule has 1 aromatic rings. The summed E-state index contributed by atoms with van der Waals surface area (Å²) >= 11 is 0. The molecule has 1 fully saturated rings. The Balaban J connectivity index is 1.75. The predicted molar refractivity (Wildman–Crippen MR) is 154 cm³/mol. The van der Waals surface area contributed by atoms with Gasteiger partial charge in [0.25, 0.3) is 0 Å². The maximum Gasteiger partial charge on any atom is 0.410 e. The second-order valence-electron chi connectivity index (χ2n) is 11.6. The zero-order chi connectivity index (χ0) is 29.8. The van der Waals surface area contributed by atoms with Gasteiger partial charge in [0.1, 0.15) is 29.1 Å². The lowest BCUT2D eigenvalue weighted by molar-refractivity contribution is -0.123. The molecule has 0 aliphatic carbocycles. The van der Waals surface area contributed by atoms with Gasteiger partial charge >= 0.3 is 12.2 Å². The van der Waals surface area contributed by atoms with E-state index in [4.69, 9.17) is 20.6 Å². The van der Waals surface area contributed by atoms with Crippen LogP contribution >= 0.6 is 0 Å². The number of piperidine rings is 1. The Morgan fingerprint density at radius 3 is 2.38 bits per heavy atom. The van der Waals surface area contributed by atoms with Crippen molar-refractivity contribution in [2.24, 2.45) is 0 Å². The van der Waals surface area contributed by atoms with Crippen molar-refractivity contribution in [3.05, 3.63) is 29.8 Å². The highest BCUT2D eigenvalue weighted by Gasteiger charge is 2.28. The summed E-state index contributed by atoms with van der Waals surface area (Å²) in [7, 11) is 0. The fraction of sp³-hybridized carbons (Fsp3) is 0.581. The van der Waals surface area contributed by atoms with E-state index in [0.29, 0.717) is 32.5 Å². The second-order valence-corrected chi connectivity index (χ2v) is 11.6. The molecule has 0 spiro atoms. The highest BCUT2D eigenvalue weighted by atomic mass is 16.6. The Hall–Kier alpha value is -3.85. The molecule has 0 radical (unpaired) electrons. The number of benzene rings is 1. The number of carbonyl (C=O) groups is 3. The molecule has 1 aromatic carbocycles. The van der Waals surface area contributed by atoms with E-state index >= 15 is 0 Å². The van der Waals surface area contributed by atoms with Gasteiger partial charge in [-0.15, -0.1) is 12.3 Å². The molecule has 218 valence electrons.